The van der Waals surface area contributed by atoms with Gasteiger partial charge in [-0.3, -0.25) is 4.79 Å². The van der Waals surface area contributed by atoms with Crippen molar-refractivity contribution in [1.29, 1.82) is 0 Å². The van der Waals surface area contributed by atoms with E-state index >= 15 is 0 Å². The molecule has 0 saturated carbocycles. The lowest BCUT2D eigenvalue weighted by atomic mass is 10.2. The second-order valence-corrected chi connectivity index (χ2v) is 4.97. The lowest BCUT2D eigenvalue weighted by Gasteiger charge is -2.19. The average Bonchev–Trinajstić information content (AvgIpc) is 2.50. The molecule has 1 aromatic heterocycles. The summed E-state index contributed by atoms with van der Waals surface area (Å²) < 4.78 is 7.09. The molecule has 0 aliphatic rings. The normalized spacial score (nSPS) is 12.0. The van der Waals surface area contributed by atoms with Crippen LogP contribution in [0.1, 0.15) is 26.5 Å². The van der Waals surface area contributed by atoms with E-state index < -0.39 is 5.60 Å². The predicted octanol–water partition coefficient (Wildman–Crippen LogP) is 3.20. The first kappa shape index (κ1) is 13.0. The maximum absolute atomic E-state index is 11.6. The Balaban J connectivity index is 2.66. The van der Waals surface area contributed by atoms with Crippen molar-refractivity contribution in [3.63, 3.8) is 0 Å². The van der Waals surface area contributed by atoms with Gasteiger partial charge in [0, 0.05) is 11.9 Å². The van der Waals surface area contributed by atoms with E-state index in [4.69, 9.17) is 4.74 Å². The molecule has 0 atom stereocenters. The first-order valence-electron chi connectivity index (χ1n) is 5.06. The van der Waals surface area contributed by atoms with Gasteiger partial charge in [-0.15, -0.1) is 0 Å². The van der Waals surface area contributed by atoms with Crippen LogP contribution in [0.4, 0.5) is 0 Å². The lowest BCUT2D eigenvalue weighted by Crippen LogP contribution is -2.26. The van der Waals surface area contributed by atoms with Crippen LogP contribution in [0, 0.1) is 0 Å². The molecule has 0 aliphatic carbocycles. The van der Waals surface area contributed by atoms with E-state index in [1.54, 1.807) is 4.99 Å². The number of halogens is 1. The third-order valence-electron chi connectivity index (χ3n) is 1.82. The minimum Gasteiger partial charge on any atom is -0.459 e. The molecule has 1 rings (SSSR count). The Kier molecular flexibility index (Phi) is 4.35. The van der Waals surface area contributed by atoms with Crippen LogP contribution in [-0.4, -0.2) is 16.1 Å². The number of aromatic nitrogens is 1. The molecular weight excluding hydrogens is 270 g/mol. The van der Waals surface area contributed by atoms with Crippen molar-refractivity contribution in [2.45, 2.75) is 32.9 Å². The highest BCUT2D eigenvalue weighted by atomic mass is 79.9. The summed E-state index contributed by atoms with van der Waals surface area (Å²) in [5, 5.41) is 0. The van der Waals surface area contributed by atoms with E-state index in [0.29, 0.717) is 0 Å². The molecule has 1 aromatic rings. The molecule has 0 fully saturated rings. The Labute approximate surface area is 104 Å². The second kappa shape index (κ2) is 5.34. The summed E-state index contributed by atoms with van der Waals surface area (Å²) >= 11 is 3.21. The maximum Gasteiger partial charge on any atom is 0.326 e. The van der Waals surface area contributed by atoms with Gasteiger partial charge in [0.2, 0.25) is 0 Å². The Morgan fingerprint density at radius 2 is 2.25 bits per heavy atom. The Bertz CT molecular complexity index is 388. The summed E-state index contributed by atoms with van der Waals surface area (Å²) in [6.45, 7) is 5.82. The maximum atomic E-state index is 11.6. The number of hydrogen-bond donors (Lipinski definition) is 0. The summed E-state index contributed by atoms with van der Waals surface area (Å²) in [5.41, 5.74) is 0.526. The van der Waals surface area contributed by atoms with Gasteiger partial charge in [0.15, 0.2) is 0 Å². The van der Waals surface area contributed by atoms with Crippen LogP contribution in [0.2, 0.25) is 0 Å². The van der Waals surface area contributed by atoms with E-state index in [1.165, 1.54) is 0 Å². The van der Waals surface area contributed by atoms with E-state index in [2.05, 4.69) is 15.9 Å². The summed E-state index contributed by atoms with van der Waals surface area (Å²) in [5.74, 6) is -0.229. The predicted molar refractivity (Wildman–Crippen MR) is 68.2 cm³/mol. The molecule has 0 unspecified atom stereocenters. The zero-order valence-electron chi connectivity index (χ0n) is 9.74. The molecular formula is C12H16BrNO2. The van der Waals surface area contributed by atoms with Crippen LogP contribution in [0.3, 0.4) is 0 Å². The summed E-state index contributed by atoms with van der Waals surface area (Å²) in [6.07, 6.45) is 3.73. The van der Waals surface area contributed by atoms with E-state index in [1.807, 2.05) is 49.7 Å². The van der Waals surface area contributed by atoms with Gasteiger partial charge in [0.05, 0.1) is 0 Å². The van der Waals surface area contributed by atoms with Gasteiger partial charge in [-0.1, -0.05) is 15.9 Å². The molecule has 0 N–H and O–H groups in total. The van der Waals surface area contributed by atoms with E-state index in [9.17, 15) is 4.79 Å². The third kappa shape index (κ3) is 4.23. The molecule has 0 saturated heterocycles. The molecule has 0 amide bonds. The standard InChI is InChI=1S/C12H16BrNO2/c1-12(2,3)16-11(15)9-14-8-4-5-10(14)6-7-13/h4-8H,9H2,1-3H3/b7-6+. The minimum atomic E-state index is -0.435. The van der Waals surface area contributed by atoms with Crippen molar-refractivity contribution in [2.75, 3.05) is 0 Å². The lowest BCUT2D eigenvalue weighted by molar-refractivity contribution is -0.155. The summed E-state index contributed by atoms with van der Waals surface area (Å²) in [4.78, 5) is 13.4. The van der Waals surface area contributed by atoms with Crippen molar-refractivity contribution in [3.05, 3.63) is 29.0 Å². The van der Waals surface area contributed by atoms with Crippen LogP contribution in [0.25, 0.3) is 6.08 Å². The van der Waals surface area contributed by atoms with E-state index in [0.717, 1.165) is 5.69 Å². The first-order chi connectivity index (χ1) is 7.42. The highest BCUT2D eigenvalue weighted by Crippen LogP contribution is 2.10. The topological polar surface area (TPSA) is 31.2 Å². The van der Waals surface area contributed by atoms with Crippen molar-refractivity contribution in [1.82, 2.24) is 4.57 Å². The van der Waals surface area contributed by atoms with Gasteiger partial charge < -0.3 is 9.30 Å². The zero-order valence-corrected chi connectivity index (χ0v) is 11.3. The van der Waals surface area contributed by atoms with Gasteiger partial charge in [-0.25, -0.2) is 0 Å². The van der Waals surface area contributed by atoms with Crippen LogP contribution in [0.15, 0.2) is 23.3 Å². The van der Waals surface area contributed by atoms with Crippen molar-refractivity contribution in [2.24, 2.45) is 0 Å². The molecule has 1 heterocycles. The second-order valence-electron chi connectivity index (χ2n) is 4.44. The fourth-order valence-corrected chi connectivity index (χ4v) is 1.57. The van der Waals surface area contributed by atoms with Gasteiger partial charge in [0.25, 0.3) is 0 Å². The van der Waals surface area contributed by atoms with Crippen molar-refractivity contribution < 1.29 is 9.53 Å². The van der Waals surface area contributed by atoms with Crippen molar-refractivity contribution in [3.8, 4) is 0 Å². The molecule has 16 heavy (non-hydrogen) atoms. The molecule has 0 aromatic carbocycles. The molecule has 0 bridgehead atoms. The van der Waals surface area contributed by atoms with Gasteiger partial charge in [-0.2, -0.15) is 0 Å². The fourth-order valence-electron chi connectivity index (χ4n) is 1.30. The highest BCUT2D eigenvalue weighted by molar-refractivity contribution is 9.11. The molecule has 88 valence electrons. The summed E-state index contributed by atoms with van der Waals surface area (Å²) in [7, 11) is 0. The fraction of sp³-hybridized carbons (Fsp3) is 0.417. The summed E-state index contributed by atoms with van der Waals surface area (Å²) in [6, 6.07) is 3.83. The number of nitrogens with zero attached hydrogens (tertiary/aromatic N) is 1. The Hall–Kier alpha value is -1.03. The van der Waals surface area contributed by atoms with Gasteiger partial charge in [0.1, 0.15) is 12.1 Å². The number of ether oxygens (including phenoxy) is 1. The Morgan fingerprint density at radius 1 is 1.56 bits per heavy atom. The molecule has 0 aliphatic heterocycles. The van der Waals surface area contributed by atoms with Crippen molar-refractivity contribution >= 4 is 28.0 Å². The smallest absolute Gasteiger partial charge is 0.326 e. The molecule has 3 nitrogen and oxygen atoms in total. The van der Waals surface area contributed by atoms with Crippen LogP contribution in [-0.2, 0) is 16.1 Å². The number of rotatable bonds is 3. The van der Waals surface area contributed by atoms with Crippen LogP contribution < -0.4 is 0 Å². The highest BCUT2D eigenvalue weighted by Gasteiger charge is 2.16. The monoisotopic (exact) mass is 285 g/mol. The number of carbonyl (C=O) groups excluding carboxylic acids is 1. The zero-order chi connectivity index (χ0) is 12.2. The number of hydrogen-bond acceptors (Lipinski definition) is 2. The third-order valence-corrected chi connectivity index (χ3v) is 2.08. The number of esters is 1. The number of carbonyl (C=O) groups is 1. The molecule has 0 radical (unpaired) electrons. The quantitative estimate of drug-likeness (QED) is 0.799. The van der Waals surface area contributed by atoms with E-state index in [-0.39, 0.29) is 12.5 Å². The van der Waals surface area contributed by atoms with Gasteiger partial charge >= 0.3 is 5.97 Å². The van der Waals surface area contributed by atoms with Crippen LogP contribution >= 0.6 is 15.9 Å². The molecule has 0 spiro atoms. The minimum absolute atomic E-state index is 0.229. The first-order valence-corrected chi connectivity index (χ1v) is 5.98. The van der Waals surface area contributed by atoms with Gasteiger partial charge in [-0.05, 0) is 44.0 Å². The van der Waals surface area contributed by atoms with Crippen LogP contribution in [0.5, 0.6) is 0 Å². The largest absolute Gasteiger partial charge is 0.459 e. The Morgan fingerprint density at radius 3 is 2.81 bits per heavy atom. The SMILES string of the molecule is CC(C)(C)OC(=O)Cn1cccc1/C=C/Br. The molecule has 4 heteroatoms. The average molecular weight is 286 g/mol.